The molecule has 4 N–H and O–H groups in total. The van der Waals surface area contributed by atoms with Crippen LogP contribution in [-0.2, 0) is 10.3 Å². The zero-order valence-corrected chi connectivity index (χ0v) is 13.4. The number of phenolic OH excluding ortho intramolecular Hbond substituents is 1. The number of ether oxygens (including phenoxy) is 2. The number of amides is 1. The van der Waals surface area contributed by atoms with Crippen molar-refractivity contribution in [3.63, 3.8) is 0 Å². The molecule has 1 aliphatic rings. The Morgan fingerprint density at radius 3 is 2.39 bits per heavy atom. The van der Waals surface area contributed by atoms with Gasteiger partial charge >= 0.3 is 6.09 Å². The van der Waals surface area contributed by atoms with Crippen LogP contribution in [-0.4, -0.2) is 29.8 Å². The van der Waals surface area contributed by atoms with Crippen molar-refractivity contribution >= 4 is 11.8 Å². The van der Waals surface area contributed by atoms with Crippen molar-refractivity contribution in [3.05, 3.63) is 17.7 Å². The number of hydrogen-bond acceptors (Lipinski definition) is 5. The summed E-state index contributed by atoms with van der Waals surface area (Å²) in [5.41, 5.74) is 3.05. The standard InChI is InChI=1S/C15H20F2N2O4/c1-13(2,3)23-12(21)19-9-5-8(6-10(22-4)11(9)20)14(18)7-15(14,16)17/h5-6,20H,7,18H2,1-4H3,(H,19,21). The van der Waals surface area contributed by atoms with E-state index >= 15 is 0 Å². The first kappa shape index (κ1) is 17.3. The van der Waals surface area contributed by atoms with E-state index in [1.54, 1.807) is 20.8 Å². The van der Waals surface area contributed by atoms with Crippen LogP contribution in [0.5, 0.6) is 11.5 Å². The number of aromatic hydroxyl groups is 1. The van der Waals surface area contributed by atoms with E-state index in [2.05, 4.69) is 5.32 Å². The first-order valence-corrected chi connectivity index (χ1v) is 6.98. The largest absolute Gasteiger partial charge is 0.503 e. The maximum Gasteiger partial charge on any atom is 0.412 e. The van der Waals surface area contributed by atoms with Gasteiger partial charge in [-0.25, -0.2) is 13.6 Å². The van der Waals surface area contributed by atoms with E-state index in [0.29, 0.717) is 0 Å². The van der Waals surface area contributed by atoms with Gasteiger partial charge in [0.2, 0.25) is 0 Å². The monoisotopic (exact) mass is 330 g/mol. The van der Waals surface area contributed by atoms with Crippen molar-refractivity contribution in [2.24, 2.45) is 5.73 Å². The zero-order valence-electron chi connectivity index (χ0n) is 13.4. The van der Waals surface area contributed by atoms with Crippen LogP contribution in [0.15, 0.2) is 12.1 Å². The Morgan fingerprint density at radius 2 is 1.96 bits per heavy atom. The number of nitrogens with two attached hydrogens (primary N) is 1. The maximum atomic E-state index is 13.5. The molecule has 0 aliphatic heterocycles. The number of hydrogen-bond donors (Lipinski definition) is 3. The second-order valence-electron chi connectivity index (χ2n) is 6.55. The first-order chi connectivity index (χ1) is 10.4. The summed E-state index contributed by atoms with van der Waals surface area (Å²) in [5.74, 6) is -3.51. The SMILES string of the molecule is COc1cc(C2(N)CC2(F)F)cc(NC(=O)OC(C)(C)C)c1O. The van der Waals surface area contributed by atoms with Gasteiger partial charge in [0, 0.05) is 6.42 Å². The zero-order chi connectivity index (χ0) is 17.6. The minimum absolute atomic E-state index is 0.0585. The molecule has 2 rings (SSSR count). The normalized spacial score (nSPS) is 22.4. The van der Waals surface area contributed by atoms with Crippen molar-refractivity contribution < 1.29 is 28.2 Å². The number of benzene rings is 1. The second-order valence-corrected chi connectivity index (χ2v) is 6.55. The van der Waals surface area contributed by atoms with Crippen molar-refractivity contribution in [2.75, 3.05) is 12.4 Å². The molecule has 0 radical (unpaired) electrons. The fraction of sp³-hybridized carbons (Fsp3) is 0.533. The Balaban J connectivity index is 2.34. The number of phenols is 1. The summed E-state index contributed by atoms with van der Waals surface area (Å²) in [7, 11) is 1.27. The molecule has 0 saturated heterocycles. The molecule has 1 saturated carbocycles. The fourth-order valence-electron chi connectivity index (χ4n) is 2.15. The van der Waals surface area contributed by atoms with Crippen molar-refractivity contribution in [2.45, 2.75) is 44.3 Å². The number of carbonyl (C=O) groups excluding carboxylic acids is 1. The highest BCUT2D eigenvalue weighted by Gasteiger charge is 2.70. The van der Waals surface area contributed by atoms with Crippen LogP contribution in [0.4, 0.5) is 19.3 Å². The molecule has 1 aliphatic carbocycles. The molecule has 0 aromatic heterocycles. The van der Waals surface area contributed by atoms with Gasteiger partial charge in [-0.15, -0.1) is 0 Å². The predicted octanol–water partition coefficient (Wildman–Crippen LogP) is 2.94. The van der Waals surface area contributed by atoms with Crippen LogP contribution in [0.3, 0.4) is 0 Å². The molecule has 1 atom stereocenters. The molecule has 1 aromatic carbocycles. The second kappa shape index (κ2) is 5.23. The predicted molar refractivity (Wildman–Crippen MR) is 79.9 cm³/mol. The topological polar surface area (TPSA) is 93.8 Å². The van der Waals surface area contributed by atoms with E-state index in [1.807, 2.05) is 0 Å². The van der Waals surface area contributed by atoms with Gasteiger partial charge in [0.05, 0.1) is 12.8 Å². The Kier molecular flexibility index (Phi) is 3.92. The van der Waals surface area contributed by atoms with Crippen molar-refractivity contribution in [3.8, 4) is 11.5 Å². The van der Waals surface area contributed by atoms with Gasteiger partial charge in [0.25, 0.3) is 5.92 Å². The lowest BCUT2D eigenvalue weighted by molar-refractivity contribution is 0.0635. The lowest BCUT2D eigenvalue weighted by Gasteiger charge is -2.21. The minimum Gasteiger partial charge on any atom is -0.503 e. The Morgan fingerprint density at radius 1 is 1.39 bits per heavy atom. The molecule has 1 unspecified atom stereocenters. The smallest absolute Gasteiger partial charge is 0.412 e. The van der Waals surface area contributed by atoms with Gasteiger partial charge in [0.15, 0.2) is 11.5 Å². The third kappa shape index (κ3) is 3.31. The van der Waals surface area contributed by atoms with Crippen molar-refractivity contribution in [1.82, 2.24) is 0 Å². The number of halogens is 2. The van der Waals surface area contributed by atoms with Crippen LogP contribution in [0.2, 0.25) is 0 Å². The highest BCUT2D eigenvalue weighted by atomic mass is 19.3. The molecule has 0 spiro atoms. The third-order valence-electron chi connectivity index (χ3n) is 3.47. The summed E-state index contributed by atoms with van der Waals surface area (Å²) >= 11 is 0. The summed E-state index contributed by atoms with van der Waals surface area (Å²) in [4.78, 5) is 11.8. The molecule has 0 bridgehead atoms. The number of carbonyl (C=O) groups is 1. The van der Waals surface area contributed by atoms with Crippen LogP contribution >= 0.6 is 0 Å². The lowest BCUT2D eigenvalue weighted by Crippen LogP contribution is -2.29. The van der Waals surface area contributed by atoms with E-state index in [0.717, 1.165) is 0 Å². The lowest BCUT2D eigenvalue weighted by atomic mass is 10.0. The van der Waals surface area contributed by atoms with Crippen LogP contribution in [0.25, 0.3) is 0 Å². The molecule has 1 amide bonds. The molecule has 23 heavy (non-hydrogen) atoms. The highest BCUT2D eigenvalue weighted by molar-refractivity contribution is 5.88. The Hall–Kier alpha value is -2.09. The number of methoxy groups -OCH3 is 1. The minimum atomic E-state index is -3.04. The van der Waals surface area contributed by atoms with Gasteiger partial charge in [-0.3, -0.25) is 5.32 Å². The number of alkyl halides is 2. The number of nitrogens with one attached hydrogen (secondary N) is 1. The quantitative estimate of drug-likeness (QED) is 0.741. The fourth-order valence-corrected chi connectivity index (χ4v) is 2.15. The van der Waals surface area contributed by atoms with E-state index in [9.17, 15) is 18.7 Å². The molecule has 1 fully saturated rings. The summed E-state index contributed by atoms with van der Waals surface area (Å²) in [6.07, 6.45) is -1.35. The van der Waals surface area contributed by atoms with Gasteiger partial charge in [-0.05, 0) is 38.5 Å². The highest BCUT2D eigenvalue weighted by Crippen LogP contribution is 2.58. The average Bonchev–Trinajstić information content (AvgIpc) is 2.89. The van der Waals surface area contributed by atoms with E-state index in [4.69, 9.17) is 15.2 Å². The van der Waals surface area contributed by atoms with Gasteiger partial charge in [-0.1, -0.05) is 0 Å². The van der Waals surface area contributed by atoms with E-state index in [1.165, 1.54) is 19.2 Å². The third-order valence-corrected chi connectivity index (χ3v) is 3.47. The average molecular weight is 330 g/mol. The Labute approximate surface area is 132 Å². The summed E-state index contributed by atoms with van der Waals surface area (Å²) < 4.78 is 37.0. The van der Waals surface area contributed by atoms with Crippen LogP contribution < -0.4 is 15.8 Å². The number of rotatable bonds is 3. The van der Waals surface area contributed by atoms with Gasteiger partial charge in [0.1, 0.15) is 11.1 Å². The molecule has 1 aromatic rings. The van der Waals surface area contributed by atoms with Gasteiger partial charge < -0.3 is 20.3 Å². The summed E-state index contributed by atoms with van der Waals surface area (Å²) in [6.45, 7) is 5.01. The first-order valence-electron chi connectivity index (χ1n) is 6.98. The van der Waals surface area contributed by atoms with Crippen LogP contribution in [0.1, 0.15) is 32.8 Å². The molecular formula is C15H20F2N2O4. The summed E-state index contributed by atoms with van der Waals surface area (Å²) in [6, 6.07) is 2.43. The maximum absolute atomic E-state index is 13.5. The van der Waals surface area contributed by atoms with Crippen LogP contribution in [0, 0.1) is 0 Å². The number of anilines is 1. The molecule has 0 heterocycles. The van der Waals surface area contributed by atoms with Gasteiger partial charge in [-0.2, -0.15) is 0 Å². The molecule has 128 valence electrons. The molecular weight excluding hydrogens is 310 g/mol. The summed E-state index contributed by atoms with van der Waals surface area (Å²) in [5, 5.41) is 12.4. The van der Waals surface area contributed by atoms with E-state index < -0.39 is 35.3 Å². The van der Waals surface area contributed by atoms with E-state index in [-0.39, 0.29) is 17.0 Å². The van der Waals surface area contributed by atoms with Crippen molar-refractivity contribution in [1.29, 1.82) is 0 Å². The Bertz CT molecular complexity index is 643. The molecule has 6 nitrogen and oxygen atoms in total. The molecule has 8 heteroatoms.